The highest BCUT2D eigenvalue weighted by Gasteiger charge is 2.21. The Hall–Kier alpha value is -4.21. The van der Waals surface area contributed by atoms with Crippen LogP contribution in [0.4, 0.5) is 10.2 Å². The number of nitrogens with zero attached hydrogens (tertiary/aromatic N) is 5. The highest BCUT2D eigenvalue weighted by atomic mass is 19.1. The van der Waals surface area contributed by atoms with Gasteiger partial charge in [-0.1, -0.05) is 25.1 Å². The minimum Gasteiger partial charge on any atom is -0.460 e. The molecule has 0 spiro atoms. The average Bonchev–Trinajstić information content (AvgIpc) is 2.90. The fourth-order valence-corrected chi connectivity index (χ4v) is 4.31. The maximum Gasteiger partial charge on any atom is 0.316 e. The third-order valence-electron chi connectivity index (χ3n) is 6.67. The van der Waals surface area contributed by atoms with Crippen molar-refractivity contribution < 1.29 is 13.9 Å². The van der Waals surface area contributed by atoms with Crippen LogP contribution in [-0.4, -0.2) is 50.5 Å². The summed E-state index contributed by atoms with van der Waals surface area (Å²) in [6.45, 7) is 2.72. The number of carbonyl (C=O) groups excluding carboxylic acids is 1. The molecular formula is C27H28FN7O2. The number of halogens is 1. The van der Waals surface area contributed by atoms with E-state index in [1.54, 1.807) is 18.5 Å². The second-order valence-electron chi connectivity index (χ2n) is 9.13. The molecule has 10 heteroatoms. The van der Waals surface area contributed by atoms with E-state index in [1.165, 1.54) is 19.8 Å². The van der Waals surface area contributed by atoms with Gasteiger partial charge in [0.25, 0.3) is 5.91 Å². The predicted molar refractivity (Wildman–Crippen MR) is 138 cm³/mol. The Balaban J connectivity index is 1.24. The number of hydrogen-bond donors (Lipinski definition) is 2. The number of nitrogens with one attached hydrogen (secondary N) is 2. The molecule has 37 heavy (non-hydrogen) atoms. The number of anilines is 1. The van der Waals surface area contributed by atoms with E-state index >= 15 is 0 Å². The lowest BCUT2D eigenvalue weighted by molar-refractivity contribution is 0.0960. The third kappa shape index (κ3) is 5.32. The Morgan fingerprint density at radius 2 is 1.95 bits per heavy atom. The molecule has 4 aromatic rings. The Labute approximate surface area is 214 Å². The molecule has 2 N–H and O–H groups in total. The summed E-state index contributed by atoms with van der Waals surface area (Å²) in [4.78, 5) is 33.8. The van der Waals surface area contributed by atoms with Crippen molar-refractivity contribution in [3.05, 3.63) is 66.1 Å². The van der Waals surface area contributed by atoms with Gasteiger partial charge in [0.1, 0.15) is 18.2 Å². The van der Waals surface area contributed by atoms with Gasteiger partial charge in [-0.2, -0.15) is 0 Å². The molecule has 0 saturated heterocycles. The Morgan fingerprint density at radius 3 is 2.68 bits per heavy atom. The maximum absolute atomic E-state index is 14.4. The standard InChI is InChI=1S/C27H28FN7O2/c1-16(19-7-4-8-20-24(26(36)29-2)21(28)14-31-25(19)20)9-10-30-23-11-22(34-15-35-23)17-12-32-27(33-13-17)37-18-5-3-6-18/h4,7-8,11-16,18H,3,5-6,9-10H2,1-2H3,(H,29,36)(H,30,34,35). The number of rotatable bonds is 9. The van der Waals surface area contributed by atoms with E-state index in [-0.39, 0.29) is 17.6 Å². The van der Waals surface area contributed by atoms with Crippen LogP contribution in [0, 0.1) is 5.82 Å². The molecule has 3 heterocycles. The number of fused-ring (bicyclic) bond motifs is 1. The second-order valence-corrected chi connectivity index (χ2v) is 9.13. The summed E-state index contributed by atoms with van der Waals surface area (Å²) in [6, 6.07) is 7.77. The molecule has 0 aliphatic heterocycles. The van der Waals surface area contributed by atoms with Gasteiger partial charge in [-0.3, -0.25) is 9.78 Å². The fraction of sp³-hybridized carbons (Fsp3) is 0.333. The van der Waals surface area contributed by atoms with Crippen molar-refractivity contribution in [3.8, 4) is 17.3 Å². The average molecular weight is 502 g/mol. The molecule has 1 aliphatic carbocycles. The lowest BCUT2D eigenvalue weighted by Gasteiger charge is -2.24. The monoisotopic (exact) mass is 501 g/mol. The Morgan fingerprint density at radius 1 is 1.14 bits per heavy atom. The van der Waals surface area contributed by atoms with Gasteiger partial charge in [-0.05, 0) is 37.2 Å². The highest BCUT2D eigenvalue weighted by Crippen LogP contribution is 2.29. The first-order valence-electron chi connectivity index (χ1n) is 12.4. The Kier molecular flexibility index (Phi) is 7.16. The van der Waals surface area contributed by atoms with Crippen molar-refractivity contribution in [2.45, 2.75) is 44.6 Å². The maximum atomic E-state index is 14.4. The zero-order valence-electron chi connectivity index (χ0n) is 20.7. The Bertz CT molecular complexity index is 1410. The molecule has 1 amide bonds. The number of pyridine rings is 1. The van der Waals surface area contributed by atoms with Gasteiger partial charge in [-0.25, -0.2) is 24.3 Å². The number of aromatic nitrogens is 5. The zero-order chi connectivity index (χ0) is 25.8. The molecule has 190 valence electrons. The van der Waals surface area contributed by atoms with Crippen LogP contribution in [0.3, 0.4) is 0 Å². The number of hydrogen-bond acceptors (Lipinski definition) is 8. The van der Waals surface area contributed by atoms with Crippen molar-refractivity contribution >= 4 is 22.6 Å². The summed E-state index contributed by atoms with van der Waals surface area (Å²) < 4.78 is 20.1. The van der Waals surface area contributed by atoms with Crippen LogP contribution in [-0.2, 0) is 0 Å². The summed E-state index contributed by atoms with van der Waals surface area (Å²) in [6.07, 6.45) is 10.3. The van der Waals surface area contributed by atoms with Crippen LogP contribution in [0.1, 0.15) is 54.4 Å². The SMILES string of the molecule is CNC(=O)c1c(F)cnc2c(C(C)CCNc3cc(-c4cnc(OC5CCC5)nc4)ncn3)cccc12. The first-order chi connectivity index (χ1) is 18.0. The van der Waals surface area contributed by atoms with Crippen molar-refractivity contribution in [2.24, 2.45) is 0 Å². The highest BCUT2D eigenvalue weighted by molar-refractivity contribution is 6.06. The van der Waals surface area contributed by atoms with Crippen molar-refractivity contribution in [3.63, 3.8) is 0 Å². The van der Waals surface area contributed by atoms with Gasteiger partial charge >= 0.3 is 6.01 Å². The molecule has 3 aromatic heterocycles. The van der Waals surface area contributed by atoms with Crippen molar-refractivity contribution in [2.75, 3.05) is 18.9 Å². The van der Waals surface area contributed by atoms with Crippen LogP contribution in [0.15, 0.2) is 49.2 Å². The summed E-state index contributed by atoms with van der Waals surface area (Å²) in [7, 11) is 1.48. The van der Waals surface area contributed by atoms with E-state index in [1.807, 2.05) is 18.2 Å². The van der Waals surface area contributed by atoms with E-state index in [2.05, 4.69) is 42.5 Å². The zero-order valence-corrected chi connectivity index (χ0v) is 20.7. The molecule has 1 saturated carbocycles. The largest absolute Gasteiger partial charge is 0.460 e. The van der Waals surface area contributed by atoms with Crippen molar-refractivity contribution in [1.29, 1.82) is 0 Å². The molecule has 0 radical (unpaired) electrons. The van der Waals surface area contributed by atoms with Crippen molar-refractivity contribution in [1.82, 2.24) is 30.2 Å². The molecular weight excluding hydrogens is 473 g/mol. The normalized spacial score (nSPS) is 14.1. The molecule has 1 unspecified atom stereocenters. The van der Waals surface area contributed by atoms with Crippen LogP contribution < -0.4 is 15.4 Å². The lowest BCUT2D eigenvalue weighted by atomic mass is 9.93. The van der Waals surface area contributed by atoms with Gasteiger partial charge in [-0.15, -0.1) is 0 Å². The molecule has 1 aliphatic rings. The first kappa shape index (κ1) is 24.5. The van der Waals surface area contributed by atoms with Crippen LogP contribution in [0.25, 0.3) is 22.2 Å². The summed E-state index contributed by atoms with van der Waals surface area (Å²) >= 11 is 0. The minimum absolute atomic E-state index is 0.0137. The van der Waals surface area contributed by atoms with E-state index in [9.17, 15) is 9.18 Å². The topological polar surface area (TPSA) is 115 Å². The van der Waals surface area contributed by atoms with E-state index in [0.29, 0.717) is 35.0 Å². The number of ether oxygens (including phenoxy) is 1. The van der Waals surface area contributed by atoms with Gasteiger partial charge in [0.05, 0.1) is 23.0 Å². The minimum atomic E-state index is -0.635. The molecule has 9 nitrogen and oxygen atoms in total. The number of amides is 1. The molecule has 1 aromatic carbocycles. The second kappa shape index (κ2) is 10.8. The molecule has 1 atom stereocenters. The number of carbonyl (C=O) groups is 1. The molecule has 0 bridgehead atoms. The van der Waals surface area contributed by atoms with Gasteiger partial charge in [0, 0.05) is 43.0 Å². The third-order valence-corrected chi connectivity index (χ3v) is 6.67. The quantitative estimate of drug-likeness (QED) is 0.344. The summed E-state index contributed by atoms with van der Waals surface area (Å²) in [5, 5.41) is 6.35. The van der Waals surface area contributed by atoms with Gasteiger partial charge < -0.3 is 15.4 Å². The molecule has 1 fully saturated rings. The van der Waals surface area contributed by atoms with Gasteiger partial charge in [0.2, 0.25) is 0 Å². The number of para-hydroxylation sites is 1. The molecule has 5 rings (SSSR count). The summed E-state index contributed by atoms with van der Waals surface area (Å²) in [5.74, 6) is -0.317. The van der Waals surface area contributed by atoms with E-state index < -0.39 is 11.7 Å². The lowest BCUT2D eigenvalue weighted by Crippen LogP contribution is -2.25. The number of benzene rings is 1. The van der Waals surface area contributed by atoms with Crippen LogP contribution in [0.5, 0.6) is 6.01 Å². The van der Waals surface area contributed by atoms with E-state index in [0.717, 1.165) is 36.6 Å². The van der Waals surface area contributed by atoms with E-state index in [4.69, 9.17) is 4.74 Å². The van der Waals surface area contributed by atoms with Crippen LogP contribution >= 0.6 is 0 Å². The first-order valence-corrected chi connectivity index (χ1v) is 12.4. The smallest absolute Gasteiger partial charge is 0.316 e. The van der Waals surface area contributed by atoms with Gasteiger partial charge in [0.15, 0.2) is 5.82 Å². The predicted octanol–water partition coefficient (Wildman–Crippen LogP) is 4.52. The van der Waals surface area contributed by atoms with Crippen LogP contribution in [0.2, 0.25) is 0 Å². The summed E-state index contributed by atoms with van der Waals surface area (Å²) in [5.41, 5.74) is 3.08. The fourth-order valence-electron chi connectivity index (χ4n) is 4.31.